The average molecular weight is 442 g/mol. The Hall–Kier alpha value is -2.24. The van der Waals surface area contributed by atoms with E-state index in [-0.39, 0.29) is 5.91 Å². The molecule has 1 N–H and O–H groups in total. The van der Waals surface area contributed by atoms with Gasteiger partial charge in [0.15, 0.2) is 0 Å². The molecule has 0 radical (unpaired) electrons. The van der Waals surface area contributed by atoms with Crippen molar-refractivity contribution in [1.29, 1.82) is 0 Å². The normalized spacial score (nSPS) is 10.4. The summed E-state index contributed by atoms with van der Waals surface area (Å²) in [5, 5.41) is 2.92. The van der Waals surface area contributed by atoms with Crippen molar-refractivity contribution in [3.8, 4) is 5.75 Å². The number of carbonyl (C=O) groups excluding carboxylic acids is 1. The first-order valence-corrected chi connectivity index (χ1v) is 10.6. The summed E-state index contributed by atoms with van der Waals surface area (Å²) in [6.45, 7) is 0.616. The van der Waals surface area contributed by atoms with Crippen molar-refractivity contribution >= 4 is 39.3 Å². The SMILES string of the molecule is CSc1cc(Br)cc(C(=O)Nc2ccc(OCCc3ccccc3)cc2)c1. The highest BCUT2D eigenvalue weighted by Crippen LogP contribution is 2.23. The molecule has 1 amide bonds. The molecular weight excluding hydrogens is 422 g/mol. The van der Waals surface area contributed by atoms with E-state index in [0.717, 1.165) is 27.2 Å². The molecule has 0 fully saturated rings. The number of hydrogen-bond acceptors (Lipinski definition) is 3. The number of amides is 1. The lowest BCUT2D eigenvalue weighted by Gasteiger charge is -2.09. The van der Waals surface area contributed by atoms with Crippen LogP contribution in [-0.2, 0) is 6.42 Å². The van der Waals surface area contributed by atoms with E-state index in [9.17, 15) is 4.79 Å². The van der Waals surface area contributed by atoms with E-state index >= 15 is 0 Å². The quantitative estimate of drug-likeness (QED) is 0.453. The molecule has 0 aliphatic rings. The van der Waals surface area contributed by atoms with Crippen LogP contribution in [0.4, 0.5) is 5.69 Å². The zero-order chi connectivity index (χ0) is 19.1. The maximum atomic E-state index is 12.5. The summed E-state index contributed by atoms with van der Waals surface area (Å²) in [6, 6.07) is 23.4. The second-order valence-corrected chi connectivity index (χ2v) is 7.74. The molecule has 3 aromatic carbocycles. The number of benzene rings is 3. The van der Waals surface area contributed by atoms with Gasteiger partial charge >= 0.3 is 0 Å². The number of nitrogens with one attached hydrogen (secondary N) is 1. The van der Waals surface area contributed by atoms with Crippen LogP contribution in [0, 0.1) is 0 Å². The third-order valence-electron chi connectivity index (χ3n) is 3.98. The van der Waals surface area contributed by atoms with Crippen LogP contribution in [0.2, 0.25) is 0 Å². The number of ether oxygens (including phenoxy) is 1. The Labute approximate surface area is 172 Å². The molecule has 0 bridgehead atoms. The van der Waals surface area contributed by atoms with Crippen LogP contribution in [0.5, 0.6) is 5.75 Å². The molecule has 0 saturated heterocycles. The van der Waals surface area contributed by atoms with E-state index in [2.05, 4.69) is 33.4 Å². The third kappa shape index (κ3) is 5.88. The second-order valence-electron chi connectivity index (χ2n) is 5.94. The van der Waals surface area contributed by atoms with Gasteiger partial charge in [-0.25, -0.2) is 0 Å². The number of halogens is 1. The lowest BCUT2D eigenvalue weighted by atomic mass is 10.2. The summed E-state index contributed by atoms with van der Waals surface area (Å²) in [7, 11) is 0. The van der Waals surface area contributed by atoms with Crippen molar-refractivity contribution in [2.45, 2.75) is 11.3 Å². The zero-order valence-electron chi connectivity index (χ0n) is 14.9. The fourth-order valence-electron chi connectivity index (χ4n) is 2.58. The summed E-state index contributed by atoms with van der Waals surface area (Å²) in [5.74, 6) is 0.653. The van der Waals surface area contributed by atoms with E-state index in [1.807, 2.05) is 66.9 Å². The highest BCUT2D eigenvalue weighted by molar-refractivity contribution is 9.10. The number of rotatable bonds is 7. The largest absolute Gasteiger partial charge is 0.493 e. The van der Waals surface area contributed by atoms with Crippen molar-refractivity contribution in [3.05, 3.63) is 88.4 Å². The molecule has 0 aliphatic heterocycles. The minimum Gasteiger partial charge on any atom is -0.493 e. The molecule has 27 heavy (non-hydrogen) atoms. The van der Waals surface area contributed by atoms with Crippen molar-refractivity contribution in [2.24, 2.45) is 0 Å². The number of hydrogen-bond donors (Lipinski definition) is 1. The second kappa shape index (κ2) is 9.62. The van der Waals surface area contributed by atoms with Crippen molar-refractivity contribution in [1.82, 2.24) is 0 Å². The van der Waals surface area contributed by atoms with Crippen LogP contribution in [0.3, 0.4) is 0 Å². The van der Waals surface area contributed by atoms with Crippen LogP contribution in [0.1, 0.15) is 15.9 Å². The van der Waals surface area contributed by atoms with Gasteiger partial charge in [0.1, 0.15) is 5.75 Å². The van der Waals surface area contributed by atoms with Crippen molar-refractivity contribution in [2.75, 3.05) is 18.2 Å². The van der Waals surface area contributed by atoms with Gasteiger partial charge in [-0.15, -0.1) is 11.8 Å². The summed E-state index contributed by atoms with van der Waals surface area (Å²) < 4.78 is 6.67. The molecule has 138 valence electrons. The Morgan fingerprint density at radius 3 is 2.48 bits per heavy atom. The molecule has 0 aromatic heterocycles. The molecule has 0 atom stereocenters. The molecule has 0 unspecified atom stereocenters. The fourth-order valence-corrected chi connectivity index (χ4v) is 3.72. The van der Waals surface area contributed by atoms with E-state index in [4.69, 9.17) is 4.74 Å². The standard InChI is InChI=1S/C22H20BrNO2S/c1-27-21-14-17(13-18(23)15-21)22(25)24-19-7-9-20(10-8-19)26-12-11-16-5-3-2-4-6-16/h2-10,13-15H,11-12H2,1H3,(H,24,25). The summed E-state index contributed by atoms with van der Waals surface area (Å²) in [6.07, 6.45) is 2.85. The minimum atomic E-state index is -0.135. The molecule has 0 aliphatic carbocycles. The fraction of sp³-hybridized carbons (Fsp3) is 0.136. The van der Waals surface area contributed by atoms with Gasteiger partial charge in [-0.1, -0.05) is 46.3 Å². The summed E-state index contributed by atoms with van der Waals surface area (Å²) in [4.78, 5) is 13.5. The topological polar surface area (TPSA) is 38.3 Å². The predicted molar refractivity (Wildman–Crippen MR) is 116 cm³/mol. The first-order valence-electron chi connectivity index (χ1n) is 8.57. The van der Waals surface area contributed by atoms with Gasteiger partial charge in [-0.3, -0.25) is 4.79 Å². The van der Waals surface area contributed by atoms with Gasteiger partial charge in [0, 0.05) is 27.0 Å². The highest BCUT2D eigenvalue weighted by atomic mass is 79.9. The first-order chi connectivity index (χ1) is 13.1. The lowest BCUT2D eigenvalue weighted by molar-refractivity contribution is 0.102. The molecule has 0 spiro atoms. The molecule has 5 heteroatoms. The molecule has 0 saturated carbocycles. The van der Waals surface area contributed by atoms with Gasteiger partial charge < -0.3 is 10.1 Å². The Morgan fingerprint density at radius 1 is 1.04 bits per heavy atom. The molecule has 0 heterocycles. The van der Waals surface area contributed by atoms with Crippen LogP contribution in [-0.4, -0.2) is 18.8 Å². The van der Waals surface area contributed by atoms with E-state index in [1.54, 1.807) is 11.8 Å². The van der Waals surface area contributed by atoms with Gasteiger partial charge in [-0.2, -0.15) is 0 Å². The van der Waals surface area contributed by atoms with E-state index in [0.29, 0.717) is 12.2 Å². The van der Waals surface area contributed by atoms with Crippen molar-refractivity contribution < 1.29 is 9.53 Å². The predicted octanol–water partition coefficient (Wildman–Crippen LogP) is 6.04. The van der Waals surface area contributed by atoms with E-state index < -0.39 is 0 Å². The van der Waals surface area contributed by atoms with Gasteiger partial charge in [-0.05, 0) is 54.3 Å². The average Bonchev–Trinajstić information content (AvgIpc) is 2.69. The Kier molecular flexibility index (Phi) is 6.96. The van der Waals surface area contributed by atoms with Crippen molar-refractivity contribution in [3.63, 3.8) is 0 Å². The Bertz CT molecular complexity index is 898. The highest BCUT2D eigenvalue weighted by Gasteiger charge is 2.09. The smallest absolute Gasteiger partial charge is 0.255 e. The van der Waals surface area contributed by atoms with Gasteiger partial charge in [0.2, 0.25) is 0 Å². The minimum absolute atomic E-state index is 0.135. The van der Waals surface area contributed by atoms with E-state index in [1.165, 1.54) is 5.56 Å². The number of anilines is 1. The monoisotopic (exact) mass is 441 g/mol. The Balaban J connectivity index is 1.55. The molecule has 3 rings (SSSR count). The first kappa shape index (κ1) is 19.5. The van der Waals surface area contributed by atoms with Gasteiger partial charge in [0.25, 0.3) is 5.91 Å². The maximum absolute atomic E-state index is 12.5. The molecule has 3 aromatic rings. The van der Waals surface area contributed by atoms with Crippen LogP contribution < -0.4 is 10.1 Å². The molecular formula is C22H20BrNO2S. The molecule has 3 nitrogen and oxygen atoms in total. The van der Waals surface area contributed by atoms with Gasteiger partial charge in [0.05, 0.1) is 6.61 Å². The lowest BCUT2D eigenvalue weighted by Crippen LogP contribution is -2.12. The van der Waals surface area contributed by atoms with Crippen LogP contribution in [0.25, 0.3) is 0 Å². The van der Waals surface area contributed by atoms with Crippen LogP contribution >= 0.6 is 27.7 Å². The summed E-state index contributed by atoms with van der Waals surface area (Å²) in [5.41, 5.74) is 2.61. The maximum Gasteiger partial charge on any atom is 0.255 e. The Morgan fingerprint density at radius 2 is 1.78 bits per heavy atom. The number of carbonyl (C=O) groups is 1. The third-order valence-corrected chi connectivity index (χ3v) is 5.15. The summed E-state index contributed by atoms with van der Waals surface area (Å²) >= 11 is 5.05. The zero-order valence-corrected chi connectivity index (χ0v) is 17.3. The van der Waals surface area contributed by atoms with Crippen LogP contribution in [0.15, 0.2) is 82.2 Å². The number of thioether (sulfide) groups is 1.